The summed E-state index contributed by atoms with van der Waals surface area (Å²) in [5.41, 5.74) is -0.121. The van der Waals surface area contributed by atoms with Crippen LogP contribution in [0.5, 0.6) is 0 Å². The zero-order valence-corrected chi connectivity index (χ0v) is 14.9. The van der Waals surface area contributed by atoms with Gasteiger partial charge in [-0.05, 0) is 47.1 Å². The first-order chi connectivity index (χ1) is 9.94. The molecule has 112 valence electrons. The average molecular weight is 437 g/mol. The number of hydrogen-bond acceptors (Lipinski definition) is 2. The maximum atomic E-state index is 11.2. The predicted octanol–water partition coefficient (Wildman–Crippen LogP) is 3.89. The third kappa shape index (κ3) is 3.09. The maximum absolute atomic E-state index is 11.2. The van der Waals surface area contributed by atoms with Gasteiger partial charge in [0.2, 0.25) is 0 Å². The van der Waals surface area contributed by atoms with E-state index < -0.39 is 10.5 Å². The Morgan fingerprint density at radius 3 is 2.67 bits per heavy atom. The highest BCUT2D eigenvalue weighted by Crippen LogP contribution is 2.53. The first-order valence-corrected chi connectivity index (χ1v) is 8.58. The Hall–Kier alpha value is -0.300. The summed E-state index contributed by atoms with van der Waals surface area (Å²) in [4.78, 5) is 3.63. The molecule has 2 aromatic rings. The molecule has 1 unspecified atom stereocenters. The highest BCUT2D eigenvalue weighted by molar-refractivity contribution is 14.1. The first kappa shape index (κ1) is 15.6. The molecule has 1 aliphatic rings. The van der Waals surface area contributed by atoms with Gasteiger partial charge >= 0.3 is 0 Å². The molecule has 21 heavy (non-hydrogen) atoms. The van der Waals surface area contributed by atoms with E-state index in [1.807, 2.05) is 35.0 Å². The van der Waals surface area contributed by atoms with E-state index in [0.29, 0.717) is 18.0 Å². The molecule has 1 saturated carbocycles. The Labute approximate surface area is 147 Å². The highest BCUT2D eigenvalue weighted by atomic mass is 127. The number of aromatic nitrogens is 2. The van der Waals surface area contributed by atoms with Crippen molar-refractivity contribution in [2.45, 2.75) is 36.3 Å². The molecule has 1 aromatic heterocycles. The van der Waals surface area contributed by atoms with E-state index in [1.54, 1.807) is 6.20 Å². The number of imidazole rings is 1. The van der Waals surface area contributed by atoms with E-state index in [2.05, 4.69) is 27.6 Å². The van der Waals surface area contributed by atoms with Gasteiger partial charge in [0.1, 0.15) is 5.60 Å². The van der Waals surface area contributed by atoms with Gasteiger partial charge in [0.15, 0.2) is 3.83 Å². The Morgan fingerprint density at radius 2 is 2.10 bits per heavy atom. The molecule has 0 bridgehead atoms. The van der Waals surface area contributed by atoms with Crippen LogP contribution in [0.25, 0.3) is 0 Å². The normalized spacial score (nSPS) is 19.2. The molecule has 0 aliphatic heterocycles. The Morgan fingerprint density at radius 1 is 1.38 bits per heavy atom. The fourth-order valence-electron chi connectivity index (χ4n) is 2.60. The molecule has 1 heterocycles. The predicted molar refractivity (Wildman–Crippen MR) is 92.9 cm³/mol. The summed E-state index contributed by atoms with van der Waals surface area (Å²) in [6.07, 6.45) is 5.67. The third-order valence-electron chi connectivity index (χ3n) is 4.06. The van der Waals surface area contributed by atoms with E-state index in [9.17, 15) is 5.11 Å². The molecule has 1 atom stereocenters. The molecule has 1 fully saturated rings. The third-order valence-corrected chi connectivity index (χ3v) is 6.06. The summed E-state index contributed by atoms with van der Waals surface area (Å²) in [6.45, 7) is 0.417. The van der Waals surface area contributed by atoms with Gasteiger partial charge in [0.05, 0.1) is 11.4 Å². The molecule has 1 aromatic carbocycles. The molecule has 6 heteroatoms. The van der Waals surface area contributed by atoms with Gasteiger partial charge in [-0.2, -0.15) is 0 Å². The van der Waals surface area contributed by atoms with Gasteiger partial charge in [-0.15, -0.1) is 11.6 Å². The molecular formula is C15H15Cl2IN2O. The fourth-order valence-corrected chi connectivity index (χ4v) is 3.51. The summed E-state index contributed by atoms with van der Waals surface area (Å²) in [5.74, 6) is 0. The molecule has 0 radical (unpaired) electrons. The SMILES string of the molecule is OC(Cc1ccccc1Cl)(Cn1ccnc1I)C1(Cl)CC1. The van der Waals surface area contributed by atoms with Crippen molar-refractivity contribution < 1.29 is 5.11 Å². The van der Waals surface area contributed by atoms with Crippen molar-refractivity contribution in [1.29, 1.82) is 0 Å². The number of alkyl halides is 1. The molecule has 1 aliphatic carbocycles. The van der Waals surface area contributed by atoms with Crippen molar-refractivity contribution in [3.63, 3.8) is 0 Å². The quantitative estimate of drug-likeness (QED) is 0.570. The van der Waals surface area contributed by atoms with Crippen molar-refractivity contribution in [1.82, 2.24) is 9.55 Å². The molecule has 3 nitrogen and oxygen atoms in total. The lowest BCUT2D eigenvalue weighted by atomic mass is 9.89. The van der Waals surface area contributed by atoms with Crippen LogP contribution in [0.1, 0.15) is 18.4 Å². The molecule has 0 spiro atoms. The largest absolute Gasteiger partial charge is 0.386 e. The van der Waals surface area contributed by atoms with Crippen LogP contribution >= 0.6 is 45.8 Å². The number of halogens is 3. The second kappa shape index (κ2) is 5.72. The van der Waals surface area contributed by atoms with Crippen LogP contribution in [0.4, 0.5) is 0 Å². The van der Waals surface area contributed by atoms with Crippen LogP contribution in [0, 0.1) is 3.83 Å². The van der Waals surface area contributed by atoms with Crippen molar-refractivity contribution >= 4 is 45.8 Å². The van der Waals surface area contributed by atoms with Crippen LogP contribution in [0.15, 0.2) is 36.7 Å². The Kier molecular flexibility index (Phi) is 4.25. The van der Waals surface area contributed by atoms with Gasteiger partial charge in [-0.25, -0.2) is 4.98 Å². The van der Waals surface area contributed by atoms with Crippen LogP contribution in [0.3, 0.4) is 0 Å². The minimum atomic E-state index is -1.04. The standard InChI is InChI=1S/C15H15Cl2IN2O/c16-12-4-2-1-3-11(12)9-15(21,14(17)5-6-14)10-20-8-7-19-13(20)18/h1-4,7-8,21H,5-6,9-10H2. The van der Waals surface area contributed by atoms with Gasteiger partial charge in [0, 0.05) is 23.8 Å². The zero-order valence-electron chi connectivity index (χ0n) is 11.3. The summed E-state index contributed by atoms with van der Waals surface area (Å²) < 4.78 is 2.77. The van der Waals surface area contributed by atoms with Crippen molar-refractivity contribution in [3.8, 4) is 0 Å². The molecular weight excluding hydrogens is 422 g/mol. The number of nitrogens with zero attached hydrogens (tertiary/aromatic N) is 2. The smallest absolute Gasteiger partial charge is 0.171 e. The maximum Gasteiger partial charge on any atom is 0.171 e. The van der Waals surface area contributed by atoms with Gasteiger partial charge in [-0.1, -0.05) is 29.8 Å². The van der Waals surface area contributed by atoms with E-state index >= 15 is 0 Å². The lowest BCUT2D eigenvalue weighted by Crippen LogP contribution is -2.47. The van der Waals surface area contributed by atoms with Crippen LogP contribution in [0.2, 0.25) is 5.02 Å². The zero-order chi connectivity index (χ0) is 15.1. The van der Waals surface area contributed by atoms with E-state index in [4.69, 9.17) is 23.2 Å². The fraction of sp³-hybridized carbons (Fsp3) is 0.400. The summed E-state index contributed by atoms with van der Waals surface area (Å²) in [6, 6.07) is 7.59. The first-order valence-electron chi connectivity index (χ1n) is 6.75. The van der Waals surface area contributed by atoms with E-state index in [0.717, 1.165) is 22.2 Å². The summed E-state index contributed by atoms with van der Waals surface area (Å²) in [7, 11) is 0. The van der Waals surface area contributed by atoms with Crippen LogP contribution in [-0.2, 0) is 13.0 Å². The molecule has 0 saturated heterocycles. The minimum Gasteiger partial charge on any atom is -0.386 e. The average Bonchev–Trinajstić information content (AvgIpc) is 3.09. The number of rotatable bonds is 5. The molecule has 0 amide bonds. The van der Waals surface area contributed by atoms with E-state index in [-0.39, 0.29) is 0 Å². The minimum absolute atomic E-state index is 0.417. The summed E-state index contributed by atoms with van der Waals surface area (Å²) >= 11 is 15.0. The second-order valence-corrected chi connectivity index (χ2v) is 7.68. The monoisotopic (exact) mass is 436 g/mol. The van der Waals surface area contributed by atoms with Crippen LogP contribution < -0.4 is 0 Å². The van der Waals surface area contributed by atoms with Gasteiger partial charge in [-0.3, -0.25) is 0 Å². The topological polar surface area (TPSA) is 38.0 Å². The molecule has 1 N–H and O–H groups in total. The lowest BCUT2D eigenvalue weighted by molar-refractivity contribution is 0.0102. The van der Waals surface area contributed by atoms with Crippen molar-refractivity contribution in [3.05, 3.63) is 51.1 Å². The van der Waals surface area contributed by atoms with Gasteiger partial charge in [0.25, 0.3) is 0 Å². The Balaban J connectivity index is 1.91. The van der Waals surface area contributed by atoms with Crippen LogP contribution in [-0.4, -0.2) is 25.1 Å². The van der Waals surface area contributed by atoms with Crippen molar-refractivity contribution in [2.24, 2.45) is 0 Å². The summed E-state index contributed by atoms with van der Waals surface area (Å²) in [5, 5.41) is 11.9. The Bertz CT molecular complexity index is 657. The number of benzene rings is 1. The number of aliphatic hydroxyl groups is 1. The van der Waals surface area contributed by atoms with E-state index in [1.165, 1.54) is 0 Å². The van der Waals surface area contributed by atoms with Crippen molar-refractivity contribution in [2.75, 3.05) is 0 Å². The lowest BCUT2D eigenvalue weighted by Gasteiger charge is -2.34. The highest BCUT2D eigenvalue weighted by Gasteiger charge is 2.58. The number of hydrogen-bond donors (Lipinski definition) is 1. The second-order valence-electron chi connectivity index (χ2n) is 5.59. The molecule has 3 rings (SSSR count). The van der Waals surface area contributed by atoms with Gasteiger partial charge < -0.3 is 9.67 Å².